The Morgan fingerprint density at radius 3 is 2.76 bits per heavy atom. The highest BCUT2D eigenvalue weighted by Crippen LogP contribution is 2.22. The van der Waals surface area contributed by atoms with Gasteiger partial charge in [-0.2, -0.15) is 0 Å². The lowest BCUT2D eigenvalue weighted by Gasteiger charge is -2.38. The van der Waals surface area contributed by atoms with Crippen molar-refractivity contribution < 1.29 is 0 Å². The van der Waals surface area contributed by atoms with E-state index in [1.807, 2.05) is 0 Å². The standard InChI is InChI=1S/C18H37N3/c1-4-11-19-16(2)17-8-7-13-21(15-17)14-10-18-9-5-6-12-20(18)3/h16-19H,4-15H2,1-3H3. The summed E-state index contributed by atoms with van der Waals surface area (Å²) < 4.78 is 0. The number of rotatable bonds is 7. The van der Waals surface area contributed by atoms with E-state index in [0.29, 0.717) is 6.04 Å². The minimum absolute atomic E-state index is 0.685. The van der Waals surface area contributed by atoms with Crippen LogP contribution in [0.4, 0.5) is 0 Å². The van der Waals surface area contributed by atoms with Gasteiger partial charge in [0.05, 0.1) is 0 Å². The van der Waals surface area contributed by atoms with Gasteiger partial charge in [-0.1, -0.05) is 13.3 Å². The smallest absolute Gasteiger partial charge is 0.0104 e. The average molecular weight is 296 g/mol. The van der Waals surface area contributed by atoms with Crippen LogP contribution in [0.1, 0.15) is 58.8 Å². The van der Waals surface area contributed by atoms with E-state index in [1.54, 1.807) is 0 Å². The van der Waals surface area contributed by atoms with Crippen molar-refractivity contribution in [3.63, 3.8) is 0 Å². The van der Waals surface area contributed by atoms with E-state index in [4.69, 9.17) is 0 Å². The molecule has 124 valence electrons. The third-order valence-corrected chi connectivity index (χ3v) is 5.67. The molecule has 2 aliphatic heterocycles. The molecule has 2 heterocycles. The summed E-state index contributed by atoms with van der Waals surface area (Å²) >= 11 is 0. The lowest BCUT2D eigenvalue weighted by atomic mass is 9.91. The number of nitrogens with one attached hydrogen (secondary N) is 1. The molecule has 0 amide bonds. The highest BCUT2D eigenvalue weighted by molar-refractivity contribution is 4.82. The van der Waals surface area contributed by atoms with E-state index in [2.05, 4.69) is 36.0 Å². The maximum Gasteiger partial charge on any atom is 0.0104 e. The van der Waals surface area contributed by atoms with E-state index < -0.39 is 0 Å². The maximum absolute atomic E-state index is 3.70. The first-order chi connectivity index (χ1) is 10.2. The van der Waals surface area contributed by atoms with Gasteiger partial charge in [0.25, 0.3) is 0 Å². The minimum Gasteiger partial charge on any atom is -0.314 e. The highest BCUT2D eigenvalue weighted by atomic mass is 15.2. The van der Waals surface area contributed by atoms with Crippen LogP contribution in [0.5, 0.6) is 0 Å². The fourth-order valence-electron chi connectivity index (χ4n) is 4.08. The molecule has 0 aromatic rings. The number of hydrogen-bond donors (Lipinski definition) is 1. The van der Waals surface area contributed by atoms with Gasteiger partial charge in [0.2, 0.25) is 0 Å². The Hall–Kier alpha value is -0.120. The summed E-state index contributed by atoms with van der Waals surface area (Å²) in [6, 6.07) is 1.53. The van der Waals surface area contributed by atoms with Gasteiger partial charge < -0.3 is 15.1 Å². The summed E-state index contributed by atoms with van der Waals surface area (Å²) in [7, 11) is 2.32. The highest BCUT2D eigenvalue weighted by Gasteiger charge is 2.25. The molecule has 3 nitrogen and oxygen atoms in total. The Morgan fingerprint density at radius 1 is 1.14 bits per heavy atom. The molecule has 2 aliphatic rings. The maximum atomic E-state index is 3.70. The largest absolute Gasteiger partial charge is 0.314 e. The Balaban J connectivity index is 1.70. The van der Waals surface area contributed by atoms with E-state index in [1.165, 1.54) is 77.7 Å². The van der Waals surface area contributed by atoms with Crippen molar-refractivity contribution in [3.05, 3.63) is 0 Å². The molecule has 3 atom stereocenters. The fourth-order valence-corrected chi connectivity index (χ4v) is 4.08. The molecule has 3 unspecified atom stereocenters. The number of hydrogen-bond acceptors (Lipinski definition) is 3. The lowest BCUT2D eigenvalue weighted by molar-refractivity contribution is 0.119. The van der Waals surface area contributed by atoms with Crippen LogP contribution in [-0.4, -0.2) is 61.7 Å². The van der Waals surface area contributed by atoms with Crippen molar-refractivity contribution in [2.75, 3.05) is 39.8 Å². The quantitative estimate of drug-likeness (QED) is 0.779. The third-order valence-electron chi connectivity index (χ3n) is 5.67. The van der Waals surface area contributed by atoms with Gasteiger partial charge in [-0.05, 0) is 84.6 Å². The zero-order valence-corrected chi connectivity index (χ0v) is 14.6. The first kappa shape index (κ1) is 17.2. The van der Waals surface area contributed by atoms with Crippen LogP contribution in [-0.2, 0) is 0 Å². The summed E-state index contributed by atoms with van der Waals surface area (Å²) in [5, 5.41) is 3.70. The van der Waals surface area contributed by atoms with Gasteiger partial charge in [-0.25, -0.2) is 0 Å². The van der Waals surface area contributed by atoms with Gasteiger partial charge in [0, 0.05) is 18.6 Å². The molecule has 1 N–H and O–H groups in total. The molecule has 0 bridgehead atoms. The number of piperidine rings is 2. The molecule has 0 spiro atoms. The molecule has 2 rings (SSSR count). The first-order valence-corrected chi connectivity index (χ1v) is 9.36. The van der Waals surface area contributed by atoms with Gasteiger partial charge in [0.15, 0.2) is 0 Å². The predicted molar refractivity (Wildman–Crippen MR) is 91.8 cm³/mol. The van der Waals surface area contributed by atoms with Crippen molar-refractivity contribution in [2.45, 2.75) is 70.9 Å². The lowest BCUT2D eigenvalue weighted by Crippen LogP contribution is -2.46. The second-order valence-electron chi connectivity index (χ2n) is 7.36. The summed E-state index contributed by atoms with van der Waals surface area (Å²) in [6.45, 7) is 11.1. The Kier molecular flexibility index (Phi) is 7.48. The molecule has 2 saturated heterocycles. The van der Waals surface area contributed by atoms with Crippen molar-refractivity contribution >= 4 is 0 Å². The Morgan fingerprint density at radius 2 is 2.00 bits per heavy atom. The molecule has 0 radical (unpaired) electrons. The van der Waals surface area contributed by atoms with Gasteiger partial charge >= 0.3 is 0 Å². The van der Waals surface area contributed by atoms with Gasteiger partial charge in [0.1, 0.15) is 0 Å². The number of nitrogens with zero attached hydrogens (tertiary/aromatic N) is 2. The SMILES string of the molecule is CCCNC(C)C1CCCN(CCC2CCCCN2C)C1. The molecule has 0 aromatic heterocycles. The summed E-state index contributed by atoms with van der Waals surface area (Å²) in [5.74, 6) is 0.856. The van der Waals surface area contributed by atoms with E-state index in [0.717, 1.165) is 12.0 Å². The Labute approximate surface area is 132 Å². The van der Waals surface area contributed by atoms with Crippen LogP contribution < -0.4 is 5.32 Å². The van der Waals surface area contributed by atoms with Gasteiger partial charge in [-0.3, -0.25) is 0 Å². The summed E-state index contributed by atoms with van der Waals surface area (Å²) in [5.41, 5.74) is 0. The van der Waals surface area contributed by atoms with Crippen LogP contribution in [0.15, 0.2) is 0 Å². The number of likely N-dealkylation sites (tertiary alicyclic amines) is 2. The second kappa shape index (κ2) is 9.12. The third kappa shape index (κ3) is 5.54. The minimum atomic E-state index is 0.685. The monoisotopic (exact) mass is 295 g/mol. The zero-order valence-electron chi connectivity index (χ0n) is 14.6. The molecule has 2 fully saturated rings. The molecule has 3 heteroatoms. The summed E-state index contributed by atoms with van der Waals surface area (Å²) in [4.78, 5) is 5.33. The first-order valence-electron chi connectivity index (χ1n) is 9.36. The molecule has 21 heavy (non-hydrogen) atoms. The predicted octanol–water partition coefficient (Wildman–Crippen LogP) is 2.96. The van der Waals surface area contributed by atoms with Crippen LogP contribution in [0, 0.1) is 5.92 Å². The average Bonchev–Trinajstić information content (AvgIpc) is 2.52. The van der Waals surface area contributed by atoms with E-state index in [9.17, 15) is 0 Å². The molecular weight excluding hydrogens is 258 g/mol. The van der Waals surface area contributed by atoms with Crippen LogP contribution in [0.2, 0.25) is 0 Å². The molecular formula is C18H37N3. The van der Waals surface area contributed by atoms with Crippen molar-refractivity contribution in [2.24, 2.45) is 5.92 Å². The van der Waals surface area contributed by atoms with Crippen LogP contribution in [0.3, 0.4) is 0 Å². The van der Waals surface area contributed by atoms with Crippen molar-refractivity contribution in [1.29, 1.82) is 0 Å². The van der Waals surface area contributed by atoms with Gasteiger partial charge in [-0.15, -0.1) is 0 Å². The van der Waals surface area contributed by atoms with Crippen LogP contribution >= 0.6 is 0 Å². The zero-order chi connectivity index (χ0) is 15.1. The second-order valence-corrected chi connectivity index (χ2v) is 7.36. The normalized spacial score (nSPS) is 30.4. The van der Waals surface area contributed by atoms with E-state index >= 15 is 0 Å². The summed E-state index contributed by atoms with van der Waals surface area (Å²) in [6.07, 6.45) is 9.69. The fraction of sp³-hybridized carbons (Fsp3) is 1.00. The topological polar surface area (TPSA) is 18.5 Å². The Bertz CT molecular complexity index is 282. The molecule has 0 saturated carbocycles. The van der Waals surface area contributed by atoms with Crippen LogP contribution in [0.25, 0.3) is 0 Å². The molecule has 0 aromatic carbocycles. The molecule has 0 aliphatic carbocycles. The van der Waals surface area contributed by atoms with Crippen molar-refractivity contribution in [1.82, 2.24) is 15.1 Å². The van der Waals surface area contributed by atoms with Crippen molar-refractivity contribution in [3.8, 4) is 0 Å². The van der Waals surface area contributed by atoms with E-state index in [-0.39, 0.29) is 0 Å².